The van der Waals surface area contributed by atoms with Gasteiger partial charge in [0.2, 0.25) is 0 Å². The van der Waals surface area contributed by atoms with Crippen LogP contribution in [0.2, 0.25) is 5.15 Å². The fourth-order valence-electron chi connectivity index (χ4n) is 0.971. The second-order valence-corrected chi connectivity index (χ2v) is 4.53. The van der Waals surface area contributed by atoms with E-state index < -0.39 is 0 Å². The van der Waals surface area contributed by atoms with E-state index in [0.29, 0.717) is 22.0 Å². The lowest BCUT2D eigenvalue weighted by atomic mass is 10.4. The van der Waals surface area contributed by atoms with Crippen LogP contribution >= 0.6 is 38.9 Å². The summed E-state index contributed by atoms with van der Waals surface area (Å²) in [6, 6.07) is 0. The van der Waals surface area contributed by atoms with Gasteiger partial charge in [-0.25, -0.2) is 15.0 Å². The molecule has 0 saturated carbocycles. The molecule has 2 heterocycles. The van der Waals surface area contributed by atoms with E-state index in [1.165, 1.54) is 6.33 Å². The molecule has 0 radical (unpaired) electrons. The molecule has 2 rings (SSSR count). The fraction of sp³-hybridized carbons (Fsp3) is 0.125. The number of halogens is 2. The van der Waals surface area contributed by atoms with Crippen molar-refractivity contribution in [3.05, 3.63) is 32.5 Å². The van der Waals surface area contributed by atoms with Gasteiger partial charge in [0, 0.05) is 5.38 Å². The van der Waals surface area contributed by atoms with Crippen molar-refractivity contribution < 1.29 is 0 Å². The summed E-state index contributed by atoms with van der Waals surface area (Å²) in [5.74, 6) is 0.669. The number of hydrogen-bond acceptors (Lipinski definition) is 5. The maximum absolute atomic E-state index is 5.82. The first-order chi connectivity index (χ1) is 7.27. The van der Waals surface area contributed by atoms with E-state index in [0.717, 1.165) is 5.69 Å². The van der Waals surface area contributed by atoms with Crippen LogP contribution in [0.3, 0.4) is 0 Å². The van der Waals surface area contributed by atoms with Crippen molar-refractivity contribution in [1.29, 1.82) is 0 Å². The topological polar surface area (TPSA) is 50.7 Å². The van der Waals surface area contributed by atoms with Crippen LogP contribution in [0.1, 0.15) is 5.69 Å². The summed E-state index contributed by atoms with van der Waals surface area (Å²) < 4.78 is 0.668. The molecule has 0 spiro atoms. The van der Waals surface area contributed by atoms with Crippen molar-refractivity contribution >= 4 is 44.7 Å². The molecule has 0 saturated heterocycles. The van der Waals surface area contributed by atoms with Crippen LogP contribution in [0.15, 0.2) is 21.7 Å². The van der Waals surface area contributed by atoms with Gasteiger partial charge in [-0.1, -0.05) is 11.6 Å². The fourth-order valence-corrected chi connectivity index (χ4v) is 2.01. The van der Waals surface area contributed by atoms with Gasteiger partial charge < -0.3 is 5.32 Å². The molecular weight excluding hydrogens is 300 g/mol. The van der Waals surface area contributed by atoms with Crippen LogP contribution in [-0.2, 0) is 6.54 Å². The van der Waals surface area contributed by atoms with Crippen molar-refractivity contribution in [1.82, 2.24) is 15.0 Å². The molecule has 1 N–H and O–H groups in total. The number of anilines is 1. The first-order valence-electron chi connectivity index (χ1n) is 4.04. The number of thiazole rings is 1. The van der Waals surface area contributed by atoms with Crippen LogP contribution in [0.4, 0.5) is 5.82 Å². The van der Waals surface area contributed by atoms with Crippen molar-refractivity contribution in [3.63, 3.8) is 0 Å². The molecule has 0 fully saturated rings. The highest BCUT2D eigenvalue weighted by Crippen LogP contribution is 2.26. The molecule has 78 valence electrons. The Morgan fingerprint density at radius 3 is 3.00 bits per heavy atom. The molecule has 0 aliphatic rings. The predicted octanol–water partition coefficient (Wildman–Crippen LogP) is 2.96. The first kappa shape index (κ1) is 10.8. The average Bonchev–Trinajstić information content (AvgIpc) is 2.73. The van der Waals surface area contributed by atoms with Crippen molar-refractivity contribution in [2.45, 2.75) is 6.54 Å². The quantitative estimate of drug-likeness (QED) is 0.886. The Labute approximate surface area is 104 Å². The van der Waals surface area contributed by atoms with Gasteiger partial charge in [-0.15, -0.1) is 11.3 Å². The first-order valence-corrected chi connectivity index (χ1v) is 6.15. The summed E-state index contributed by atoms with van der Waals surface area (Å²) in [6.45, 7) is 0.620. The van der Waals surface area contributed by atoms with Gasteiger partial charge in [0.05, 0.1) is 22.2 Å². The molecule has 15 heavy (non-hydrogen) atoms. The summed E-state index contributed by atoms with van der Waals surface area (Å²) in [7, 11) is 0. The second kappa shape index (κ2) is 4.87. The highest BCUT2D eigenvalue weighted by Gasteiger charge is 2.06. The maximum Gasteiger partial charge on any atom is 0.148 e. The summed E-state index contributed by atoms with van der Waals surface area (Å²) in [5, 5.41) is 5.49. The van der Waals surface area contributed by atoms with E-state index in [2.05, 4.69) is 36.2 Å². The average molecular weight is 306 g/mol. The molecule has 0 unspecified atom stereocenters. The minimum atomic E-state index is 0.394. The van der Waals surface area contributed by atoms with E-state index in [-0.39, 0.29) is 0 Å². The lowest BCUT2D eigenvalue weighted by Crippen LogP contribution is -2.02. The standard InChI is InChI=1S/C8H6BrClN4S/c9-6-7(10)12-3-13-8(6)11-1-5-2-15-4-14-5/h2-4H,1H2,(H,11,12,13). The van der Waals surface area contributed by atoms with Gasteiger partial charge in [-0.2, -0.15) is 0 Å². The highest BCUT2D eigenvalue weighted by molar-refractivity contribution is 9.10. The lowest BCUT2D eigenvalue weighted by Gasteiger charge is -2.05. The minimum absolute atomic E-state index is 0.394. The van der Waals surface area contributed by atoms with Gasteiger partial charge in [-0.05, 0) is 15.9 Å². The number of hydrogen-bond donors (Lipinski definition) is 1. The molecule has 2 aromatic rings. The molecule has 4 nitrogen and oxygen atoms in total. The Morgan fingerprint density at radius 2 is 2.27 bits per heavy atom. The van der Waals surface area contributed by atoms with Gasteiger partial charge in [0.25, 0.3) is 0 Å². The van der Waals surface area contributed by atoms with Gasteiger partial charge >= 0.3 is 0 Å². The van der Waals surface area contributed by atoms with E-state index in [1.807, 2.05) is 5.38 Å². The SMILES string of the molecule is Clc1ncnc(NCc2cscn2)c1Br. The normalized spacial score (nSPS) is 10.3. The molecule has 0 aliphatic heterocycles. The van der Waals surface area contributed by atoms with Crippen LogP contribution in [0.5, 0.6) is 0 Å². The zero-order valence-corrected chi connectivity index (χ0v) is 10.6. The summed E-state index contributed by atoms with van der Waals surface area (Å²) in [5.41, 5.74) is 2.76. The van der Waals surface area contributed by atoms with Gasteiger partial charge in [-0.3, -0.25) is 0 Å². The number of nitrogens with one attached hydrogen (secondary N) is 1. The summed E-state index contributed by atoms with van der Waals surface area (Å²) in [6.07, 6.45) is 1.41. The molecule has 7 heteroatoms. The minimum Gasteiger partial charge on any atom is -0.363 e. The molecule has 2 aromatic heterocycles. The zero-order chi connectivity index (χ0) is 10.7. The monoisotopic (exact) mass is 304 g/mol. The molecule has 0 atom stereocenters. The summed E-state index contributed by atoms with van der Waals surface area (Å²) >= 11 is 10.7. The van der Waals surface area contributed by atoms with E-state index in [1.54, 1.807) is 16.8 Å². The highest BCUT2D eigenvalue weighted by atomic mass is 79.9. The third kappa shape index (κ3) is 2.64. The smallest absolute Gasteiger partial charge is 0.148 e. The largest absolute Gasteiger partial charge is 0.363 e. The van der Waals surface area contributed by atoms with E-state index in [9.17, 15) is 0 Å². The number of aromatic nitrogens is 3. The van der Waals surface area contributed by atoms with Crippen LogP contribution in [0, 0.1) is 0 Å². The van der Waals surface area contributed by atoms with Crippen molar-refractivity contribution in [2.24, 2.45) is 0 Å². The predicted molar refractivity (Wildman–Crippen MR) is 64.2 cm³/mol. The Morgan fingerprint density at radius 1 is 1.40 bits per heavy atom. The molecule has 0 amide bonds. The molecular formula is C8H6BrClN4S. The van der Waals surface area contributed by atoms with Crippen molar-refractivity contribution in [2.75, 3.05) is 5.32 Å². The third-order valence-electron chi connectivity index (χ3n) is 1.67. The Hall–Kier alpha value is -0.720. The van der Waals surface area contributed by atoms with Gasteiger partial charge in [0.15, 0.2) is 0 Å². The summed E-state index contributed by atoms with van der Waals surface area (Å²) in [4.78, 5) is 12.0. The third-order valence-corrected chi connectivity index (χ3v) is 3.57. The zero-order valence-electron chi connectivity index (χ0n) is 7.44. The molecule has 0 aromatic carbocycles. The second-order valence-electron chi connectivity index (χ2n) is 2.66. The van der Waals surface area contributed by atoms with Gasteiger partial charge in [0.1, 0.15) is 17.3 Å². The van der Waals surface area contributed by atoms with E-state index in [4.69, 9.17) is 11.6 Å². The maximum atomic E-state index is 5.82. The molecule has 0 aliphatic carbocycles. The van der Waals surface area contributed by atoms with Crippen molar-refractivity contribution in [3.8, 4) is 0 Å². The van der Waals surface area contributed by atoms with Crippen LogP contribution in [0.25, 0.3) is 0 Å². The van der Waals surface area contributed by atoms with E-state index >= 15 is 0 Å². The number of rotatable bonds is 3. The Kier molecular flexibility index (Phi) is 3.50. The molecule has 0 bridgehead atoms. The van der Waals surface area contributed by atoms with Crippen LogP contribution in [-0.4, -0.2) is 15.0 Å². The Balaban J connectivity index is 2.08. The lowest BCUT2D eigenvalue weighted by molar-refractivity contribution is 1.03. The number of nitrogens with zero attached hydrogens (tertiary/aromatic N) is 3. The van der Waals surface area contributed by atoms with Crippen LogP contribution < -0.4 is 5.32 Å². The Bertz CT molecular complexity index is 448.